The Morgan fingerprint density at radius 2 is 1.79 bits per heavy atom. The molecule has 0 amide bonds. The number of anilines is 2. The highest BCUT2D eigenvalue weighted by Crippen LogP contribution is 2.54. The van der Waals surface area contributed by atoms with E-state index in [0.29, 0.717) is 16.8 Å². The summed E-state index contributed by atoms with van der Waals surface area (Å²) in [6.45, 7) is 3.32. The van der Waals surface area contributed by atoms with E-state index < -0.39 is 16.6 Å². The van der Waals surface area contributed by atoms with Crippen LogP contribution in [0.1, 0.15) is 31.4 Å². The van der Waals surface area contributed by atoms with Crippen LogP contribution in [0.3, 0.4) is 0 Å². The summed E-state index contributed by atoms with van der Waals surface area (Å²) in [5.41, 5.74) is 6.89. The summed E-state index contributed by atoms with van der Waals surface area (Å²) >= 11 is 0. The summed E-state index contributed by atoms with van der Waals surface area (Å²) in [5.74, 6) is -0.352. The molecule has 3 aromatic heterocycles. The molecule has 1 aliphatic carbocycles. The normalized spacial score (nSPS) is 16.5. The van der Waals surface area contributed by atoms with Crippen LogP contribution < -0.4 is 9.62 Å². The fourth-order valence-electron chi connectivity index (χ4n) is 5.32. The molecule has 2 fully saturated rings. The third kappa shape index (κ3) is 5.39. The number of aromatic nitrogens is 6. The molecule has 204 valence electrons. The van der Waals surface area contributed by atoms with Crippen molar-refractivity contribution in [3.05, 3.63) is 54.6 Å². The molecule has 2 aliphatic rings. The Bertz CT molecular complexity index is 1610. The van der Waals surface area contributed by atoms with Gasteiger partial charge in [0.15, 0.2) is 0 Å². The molecule has 0 radical (unpaired) electrons. The number of aliphatic hydroxyl groups excluding tert-OH is 1. The van der Waals surface area contributed by atoms with E-state index in [9.17, 15) is 8.42 Å². The Kier molecular flexibility index (Phi) is 6.38. The number of aryl methyl sites for hydroxylation is 2. The lowest BCUT2D eigenvalue weighted by molar-refractivity contribution is 0.320. The molecule has 1 aromatic carbocycles. The number of aliphatic hydroxyl groups is 1. The second kappa shape index (κ2) is 9.76. The van der Waals surface area contributed by atoms with Crippen LogP contribution >= 0.6 is 0 Å². The summed E-state index contributed by atoms with van der Waals surface area (Å²) in [6.07, 6.45) is 10.5. The van der Waals surface area contributed by atoms with Crippen LogP contribution in [0.4, 0.5) is 11.4 Å². The number of pyridine rings is 1. The number of nitrogens with zero attached hydrogens (tertiary/aromatic N) is 7. The fourth-order valence-corrected chi connectivity index (χ4v) is 6.14. The zero-order valence-electron chi connectivity index (χ0n) is 22.1. The van der Waals surface area contributed by atoms with Crippen molar-refractivity contribution >= 4 is 21.4 Å². The molecular formula is C27H32N8O3S. The van der Waals surface area contributed by atoms with Gasteiger partial charge in [-0.3, -0.25) is 14.4 Å². The predicted molar refractivity (Wildman–Crippen MR) is 149 cm³/mol. The Balaban J connectivity index is 1.35. The SMILES string of the molecule is Cc1cc(-c2cn(-c3ccc(NS(=O)(=O)CCO)cc3N3CCC4(CC3)CC4)nn2)cc(-c2cnn(C)c2)n1. The van der Waals surface area contributed by atoms with Crippen LogP contribution in [0.5, 0.6) is 0 Å². The van der Waals surface area contributed by atoms with E-state index in [1.54, 1.807) is 21.6 Å². The first kappa shape index (κ1) is 25.5. The molecular weight excluding hydrogens is 516 g/mol. The van der Waals surface area contributed by atoms with Crippen molar-refractivity contribution < 1.29 is 13.5 Å². The molecule has 4 heterocycles. The van der Waals surface area contributed by atoms with Crippen molar-refractivity contribution in [2.24, 2.45) is 12.5 Å². The smallest absolute Gasteiger partial charge is 0.234 e. The first-order valence-electron chi connectivity index (χ1n) is 13.1. The van der Waals surface area contributed by atoms with E-state index in [1.165, 1.54) is 12.8 Å². The number of hydrogen-bond donors (Lipinski definition) is 2. The molecule has 1 saturated carbocycles. The van der Waals surface area contributed by atoms with Gasteiger partial charge in [-0.2, -0.15) is 5.10 Å². The maximum absolute atomic E-state index is 12.3. The average molecular weight is 549 g/mol. The van der Waals surface area contributed by atoms with Crippen molar-refractivity contribution in [2.45, 2.75) is 32.6 Å². The maximum atomic E-state index is 12.3. The number of piperidine rings is 1. The zero-order chi connectivity index (χ0) is 27.2. The lowest BCUT2D eigenvalue weighted by Gasteiger charge is -2.35. The van der Waals surface area contributed by atoms with E-state index in [1.807, 2.05) is 50.6 Å². The molecule has 11 nitrogen and oxygen atoms in total. The zero-order valence-corrected chi connectivity index (χ0v) is 22.9. The van der Waals surface area contributed by atoms with Gasteiger partial charge in [-0.15, -0.1) is 5.10 Å². The molecule has 1 saturated heterocycles. The predicted octanol–water partition coefficient (Wildman–Crippen LogP) is 3.15. The second-order valence-electron chi connectivity index (χ2n) is 10.7. The fraction of sp³-hybridized carbons (Fsp3) is 0.407. The Morgan fingerprint density at radius 1 is 1.00 bits per heavy atom. The van der Waals surface area contributed by atoms with Crippen LogP contribution in [0.15, 0.2) is 48.9 Å². The number of sulfonamides is 1. The second-order valence-corrected chi connectivity index (χ2v) is 12.5. The number of benzene rings is 1. The molecule has 0 atom stereocenters. The van der Waals surface area contributed by atoms with E-state index >= 15 is 0 Å². The molecule has 1 aliphatic heterocycles. The minimum atomic E-state index is -3.64. The van der Waals surface area contributed by atoms with Crippen LogP contribution in [-0.4, -0.2) is 68.7 Å². The summed E-state index contributed by atoms with van der Waals surface area (Å²) in [6, 6.07) is 9.41. The van der Waals surface area contributed by atoms with Gasteiger partial charge in [0.05, 0.1) is 47.5 Å². The van der Waals surface area contributed by atoms with E-state index in [4.69, 9.17) is 5.11 Å². The van der Waals surface area contributed by atoms with Crippen molar-refractivity contribution in [1.29, 1.82) is 0 Å². The summed E-state index contributed by atoms with van der Waals surface area (Å²) in [7, 11) is -1.77. The van der Waals surface area contributed by atoms with Crippen LogP contribution in [0, 0.1) is 12.3 Å². The Labute approximate surface area is 227 Å². The molecule has 0 bridgehead atoms. The first-order chi connectivity index (χ1) is 18.7. The first-order valence-corrected chi connectivity index (χ1v) is 14.8. The quantitative estimate of drug-likeness (QED) is 0.343. The highest BCUT2D eigenvalue weighted by Gasteiger charge is 2.44. The van der Waals surface area contributed by atoms with Crippen LogP contribution in [0.25, 0.3) is 28.2 Å². The van der Waals surface area contributed by atoms with Gasteiger partial charge in [0.2, 0.25) is 10.0 Å². The third-order valence-electron chi connectivity index (χ3n) is 7.72. The topological polar surface area (TPSA) is 131 Å². The van der Waals surface area contributed by atoms with Crippen molar-refractivity contribution in [3.63, 3.8) is 0 Å². The monoisotopic (exact) mass is 548 g/mol. The van der Waals surface area contributed by atoms with Gasteiger partial charge in [0, 0.05) is 43.2 Å². The maximum Gasteiger partial charge on any atom is 0.234 e. The number of hydrogen-bond acceptors (Lipinski definition) is 8. The van der Waals surface area contributed by atoms with Gasteiger partial charge in [-0.05, 0) is 68.4 Å². The molecule has 2 N–H and O–H groups in total. The Hall–Kier alpha value is -3.77. The molecule has 39 heavy (non-hydrogen) atoms. The van der Waals surface area contributed by atoms with Crippen molar-refractivity contribution in [1.82, 2.24) is 29.8 Å². The van der Waals surface area contributed by atoms with E-state index in [0.717, 1.165) is 59.8 Å². The molecule has 0 unspecified atom stereocenters. The average Bonchev–Trinajstić information content (AvgIpc) is 3.26. The summed E-state index contributed by atoms with van der Waals surface area (Å²) < 4.78 is 30.8. The summed E-state index contributed by atoms with van der Waals surface area (Å²) in [4.78, 5) is 6.97. The van der Waals surface area contributed by atoms with Gasteiger partial charge >= 0.3 is 0 Å². The minimum Gasteiger partial charge on any atom is -0.395 e. The van der Waals surface area contributed by atoms with Gasteiger partial charge in [0.25, 0.3) is 0 Å². The third-order valence-corrected chi connectivity index (χ3v) is 8.99. The lowest BCUT2D eigenvalue weighted by atomic mass is 9.93. The standard InChI is InChI=1S/C27H32N8O3S/c1-19-13-20(14-23(29-19)21-16-28-33(2)17-21)24-18-35(32-30-24)25-4-3-22(31-39(37,38)12-11-36)15-26(25)34-9-7-27(5-6-27)8-10-34/h3-4,13-18,31,36H,5-12H2,1-2H3. The van der Waals surface area contributed by atoms with Crippen molar-refractivity contribution in [2.75, 3.05) is 35.1 Å². The van der Waals surface area contributed by atoms with Crippen LogP contribution in [0.2, 0.25) is 0 Å². The molecule has 6 rings (SSSR count). The van der Waals surface area contributed by atoms with Gasteiger partial charge < -0.3 is 10.0 Å². The molecule has 4 aromatic rings. The van der Waals surface area contributed by atoms with Crippen molar-refractivity contribution in [3.8, 4) is 28.2 Å². The van der Waals surface area contributed by atoms with E-state index in [-0.39, 0.29) is 5.75 Å². The minimum absolute atomic E-state index is 0.352. The highest BCUT2D eigenvalue weighted by molar-refractivity contribution is 7.92. The Morgan fingerprint density at radius 3 is 2.49 bits per heavy atom. The lowest BCUT2D eigenvalue weighted by Crippen LogP contribution is -2.35. The van der Waals surface area contributed by atoms with Gasteiger partial charge in [-0.1, -0.05) is 5.21 Å². The van der Waals surface area contributed by atoms with Gasteiger partial charge in [-0.25, -0.2) is 13.1 Å². The highest BCUT2D eigenvalue weighted by atomic mass is 32.2. The number of nitrogens with one attached hydrogen (secondary N) is 1. The van der Waals surface area contributed by atoms with E-state index in [2.05, 4.69) is 30.0 Å². The molecule has 1 spiro atoms. The van der Waals surface area contributed by atoms with Gasteiger partial charge in [0.1, 0.15) is 5.69 Å². The number of rotatable bonds is 8. The summed E-state index contributed by atoms with van der Waals surface area (Å²) in [5, 5.41) is 22.3. The van der Waals surface area contributed by atoms with Crippen LogP contribution in [-0.2, 0) is 17.1 Å². The largest absolute Gasteiger partial charge is 0.395 e. The molecule has 12 heteroatoms.